The molecule has 10 aromatic rings. The van der Waals surface area contributed by atoms with Gasteiger partial charge in [0, 0.05) is 51.3 Å². The van der Waals surface area contributed by atoms with Gasteiger partial charge in [-0.25, -0.2) is 4.98 Å². The van der Waals surface area contributed by atoms with Crippen molar-refractivity contribution in [2.45, 2.75) is 104 Å². The van der Waals surface area contributed by atoms with Crippen LogP contribution in [0.1, 0.15) is 127 Å². The van der Waals surface area contributed by atoms with Crippen LogP contribution in [0.2, 0.25) is 0 Å². The summed E-state index contributed by atoms with van der Waals surface area (Å²) in [6, 6.07) is 71.3. The highest BCUT2D eigenvalue weighted by molar-refractivity contribution is 6.09. The first kappa shape index (κ1) is 49.3. The van der Waals surface area contributed by atoms with E-state index >= 15 is 0 Å². The lowest BCUT2D eigenvalue weighted by molar-refractivity contribution is 0.483. The van der Waals surface area contributed by atoms with Crippen molar-refractivity contribution in [2.24, 2.45) is 0 Å². The third-order valence-corrected chi connectivity index (χ3v) is 16.0. The number of hydrogen-bond acceptors (Lipinski definition) is 4. The van der Waals surface area contributed by atoms with E-state index in [-0.39, 0.29) is 16.2 Å². The number of fused-ring (bicyclic) bond motifs is 4. The molecule has 0 unspecified atom stereocenters. The SMILES string of the molecule is CC(C)c1cccc(C(C)C)c1-c1ccc2c(c1)N(c1cccc(Oc3ccc4c5ccccc5n(-c5cc(C(C)(C)C)ccn5)c4c3)c1)CN2c1cc(C(C)(C)c2ccccc2)cc(C(C)(C)c2ccccc2)c1. The molecule has 0 saturated carbocycles. The minimum absolute atomic E-state index is 0.0225. The lowest BCUT2D eigenvalue weighted by atomic mass is 9.73. The summed E-state index contributed by atoms with van der Waals surface area (Å²) >= 11 is 0. The molecule has 376 valence electrons. The van der Waals surface area contributed by atoms with Gasteiger partial charge in [-0.05, 0) is 134 Å². The van der Waals surface area contributed by atoms with Gasteiger partial charge < -0.3 is 14.5 Å². The van der Waals surface area contributed by atoms with Crippen molar-refractivity contribution < 1.29 is 4.74 Å². The molecule has 8 aromatic carbocycles. The van der Waals surface area contributed by atoms with Crippen molar-refractivity contribution >= 4 is 44.6 Å². The predicted octanol–water partition coefficient (Wildman–Crippen LogP) is 19.1. The van der Waals surface area contributed by atoms with E-state index in [9.17, 15) is 0 Å². The number of aromatic nitrogens is 2. The van der Waals surface area contributed by atoms with Crippen LogP contribution in [0, 0.1) is 0 Å². The topological polar surface area (TPSA) is 33.5 Å². The molecular formula is C70H70N4O. The van der Waals surface area contributed by atoms with Crippen LogP contribution < -0.4 is 14.5 Å². The van der Waals surface area contributed by atoms with Gasteiger partial charge in [0.25, 0.3) is 0 Å². The number of para-hydroxylation sites is 1. The second-order valence-electron chi connectivity index (χ2n) is 23.4. The summed E-state index contributed by atoms with van der Waals surface area (Å²) < 4.78 is 9.22. The zero-order chi connectivity index (χ0) is 52.4. The van der Waals surface area contributed by atoms with Gasteiger partial charge in [-0.3, -0.25) is 4.57 Å². The van der Waals surface area contributed by atoms with Crippen LogP contribution in [-0.4, -0.2) is 16.2 Å². The van der Waals surface area contributed by atoms with Crippen LogP contribution in [-0.2, 0) is 16.2 Å². The fourth-order valence-electron chi connectivity index (χ4n) is 11.4. The Morgan fingerprint density at radius 2 is 1.03 bits per heavy atom. The van der Waals surface area contributed by atoms with Crippen LogP contribution in [0.3, 0.4) is 0 Å². The fraction of sp³-hybridized carbons (Fsp3) is 0.243. The first-order valence-corrected chi connectivity index (χ1v) is 26.8. The molecule has 0 amide bonds. The Bertz CT molecular complexity index is 3630. The van der Waals surface area contributed by atoms with Crippen LogP contribution in [0.25, 0.3) is 38.8 Å². The smallest absolute Gasteiger partial charge is 0.137 e. The Morgan fingerprint density at radius 3 is 1.67 bits per heavy atom. The number of ether oxygens (including phenoxy) is 1. The molecule has 0 N–H and O–H groups in total. The maximum Gasteiger partial charge on any atom is 0.137 e. The Labute approximate surface area is 445 Å². The maximum atomic E-state index is 6.94. The van der Waals surface area contributed by atoms with E-state index in [1.807, 2.05) is 6.20 Å². The summed E-state index contributed by atoms with van der Waals surface area (Å²) in [5, 5.41) is 2.34. The van der Waals surface area contributed by atoms with Crippen molar-refractivity contribution in [2.75, 3.05) is 16.5 Å². The lowest BCUT2D eigenvalue weighted by Gasteiger charge is -2.33. The Morgan fingerprint density at radius 1 is 0.440 bits per heavy atom. The van der Waals surface area contributed by atoms with Crippen molar-refractivity contribution in [3.63, 3.8) is 0 Å². The van der Waals surface area contributed by atoms with Gasteiger partial charge in [0.2, 0.25) is 0 Å². The van der Waals surface area contributed by atoms with Crippen molar-refractivity contribution in [1.82, 2.24) is 9.55 Å². The third-order valence-electron chi connectivity index (χ3n) is 16.0. The number of nitrogens with zero attached hydrogens (tertiary/aromatic N) is 4. The molecule has 0 saturated heterocycles. The Kier molecular flexibility index (Phi) is 12.6. The summed E-state index contributed by atoms with van der Waals surface area (Å²) in [7, 11) is 0. The standard InChI is InChI=1S/C70H70N4O/c1-46(2)58-29-21-30-59(47(3)4)67(58)48-32-35-63-65(38-48)72(45-73(63)55-40-52(69(8,9)49-22-14-12-15-23-49)39-53(41-55)70(10,11)50-24-16-13-17-25-50)54-26-20-27-56(43-54)75-57-33-34-61-60-28-18-19-31-62(60)74(64(61)44-57)66-42-51(36-37-71-66)68(5,6)7/h12-44,46-47H,45H2,1-11H3. The molecular weight excluding hydrogens is 913 g/mol. The average Bonchev–Trinajstić information content (AvgIpc) is 4.00. The molecule has 2 aromatic heterocycles. The maximum absolute atomic E-state index is 6.94. The average molecular weight is 983 g/mol. The summed E-state index contributed by atoms with van der Waals surface area (Å²) in [6.45, 7) is 26.0. The summed E-state index contributed by atoms with van der Waals surface area (Å²) in [5.74, 6) is 3.15. The van der Waals surface area contributed by atoms with Gasteiger partial charge in [-0.15, -0.1) is 0 Å². The van der Waals surface area contributed by atoms with Gasteiger partial charge in [0.15, 0.2) is 0 Å². The van der Waals surface area contributed by atoms with E-state index in [1.165, 1.54) is 61.1 Å². The number of rotatable bonds is 12. The van der Waals surface area contributed by atoms with E-state index in [2.05, 4.69) is 285 Å². The largest absolute Gasteiger partial charge is 0.457 e. The highest BCUT2D eigenvalue weighted by Gasteiger charge is 2.34. The highest BCUT2D eigenvalue weighted by atomic mass is 16.5. The third kappa shape index (κ3) is 9.07. The number of hydrogen-bond donors (Lipinski definition) is 0. The first-order chi connectivity index (χ1) is 36.0. The van der Waals surface area contributed by atoms with Gasteiger partial charge in [-0.2, -0.15) is 0 Å². The van der Waals surface area contributed by atoms with Crippen molar-refractivity contribution in [1.29, 1.82) is 0 Å². The molecule has 5 heteroatoms. The van der Waals surface area contributed by atoms with E-state index < -0.39 is 0 Å². The quantitative estimate of drug-likeness (QED) is 0.122. The van der Waals surface area contributed by atoms with Gasteiger partial charge in [-0.1, -0.05) is 191 Å². The van der Waals surface area contributed by atoms with Gasteiger partial charge in [0.1, 0.15) is 24.0 Å². The Hall–Kier alpha value is -7.89. The number of pyridine rings is 1. The van der Waals surface area contributed by atoms with E-state index in [4.69, 9.17) is 9.72 Å². The van der Waals surface area contributed by atoms with Crippen LogP contribution in [0.4, 0.5) is 22.7 Å². The minimum atomic E-state index is -0.269. The van der Waals surface area contributed by atoms with Crippen molar-refractivity contribution in [3.8, 4) is 28.4 Å². The second-order valence-corrected chi connectivity index (χ2v) is 23.4. The van der Waals surface area contributed by atoms with Crippen LogP contribution in [0.5, 0.6) is 11.5 Å². The number of anilines is 4. The molecule has 3 heterocycles. The predicted molar refractivity (Wildman–Crippen MR) is 317 cm³/mol. The molecule has 0 aliphatic carbocycles. The Balaban J connectivity index is 1.05. The van der Waals surface area contributed by atoms with E-state index in [0.717, 1.165) is 50.8 Å². The molecule has 0 spiro atoms. The molecule has 75 heavy (non-hydrogen) atoms. The molecule has 0 fully saturated rings. The van der Waals surface area contributed by atoms with Crippen LogP contribution >= 0.6 is 0 Å². The zero-order valence-corrected chi connectivity index (χ0v) is 45.6. The summed E-state index contributed by atoms with van der Waals surface area (Å²) in [6.07, 6.45) is 1.93. The van der Waals surface area contributed by atoms with Crippen molar-refractivity contribution in [3.05, 3.63) is 239 Å². The fourth-order valence-corrected chi connectivity index (χ4v) is 11.4. The van der Waals surface area contributed by atoms with Gasteiger partial charge >= 0.3 is 0 Å². The second kappa shape index (κ2) is 19.1. The number of benzene rings is 8. The highest BCUT2D eigenvalue weighted by Crippen LogP contribution is 2.50. The molecule has 1 aliphatic rings. The zero-order valence-electron chi connectivity index (χ0n) is 45.6. The first-order valence-electron chi connectivity index (χ1n) is 26.8. The lowest BCUT2D eigenvalue weighted by Crippen LogP contribution is -2.27. The molecule has 1 aliphatic heterocycles. The normalized spacial score (nSPS) is 13.1. The molecule has 11 rings (SSSR count). The molecule has 5 nitrogen and oxygen atoms in total. The summed E-state index contributed by atoms with van der Waals surface area (Å²) in [5.41, 5.74) is 17.8. The van der Waals surface area contributed by atoms with Crippen LogP contribution in [0.15, 0.2) is 200 Å². The molecule has 0 radical (unpaired) electrons. The van der Waals surface area contributed by atoms with E-state index in [1.54, 1.807) is 0 Å². The molecule has 0 bridgehead atoms. The minimum Gasteiger partial charge on any atom is -0.457 e. The molecule has 0 atom stereocenters. The monoisotopic (exact) mass is 983 g/mol. The van der Waals surface area contributed by atoms with Gasteiger partial charge in [0.05, 0.1) is 22.4 Å². The van der Waals surface area contributed by atoms with E-state index in [0.29, 0.717) is 18.5 Å². The summed E-state index contributed by atoms with van der Waals surface area (Å²) in [4.78, 5) is 9.94.